The fourth-order valence-corrected chi connectivity index (χ4v) is 3.65. The summed E-state index contributed by atoms with van der Waals surface area (Å²) in [5, 5.41) is 3.15. The molecule has 0 aromatic heterocycles. The van der Waals surface area contributed by atoms with E-state index in [1.54, 1.807) is 8.61 Å². The summed E-state index contributed by atoms with van der Waals surface area (Å²) in [4.78, 5) is 0. The van der Waals surface area contributed by atoms with Gasteiger partial charge in [0, 0.05) is 39.3 Å². The molecular weight excluding hydrogens is 238 g/mol. The lowest BCUT2D eigenvalue weighted by Gasteiger charge is -2.30. The second-order valence-electron chi connectivity index (χ2n) is 3.76. The van der Waals surface area contributed by atoms with Gasteiger partial charge in [-0.3, -0.25) is 0 Å². The fourth-order valence-electron chi connectivity index (χ4n) is 1.96. The molecular formula is C8H18ClN3O2S. The summed E-state index contributed by atoms with van der Waals surface area (Å²) in [6.07, 6.45) is 2.01. The molecule has 0 spiro atoms. The van der Waals surface area contributed by atoms with Crippen LogP contribution < -0.4 is 5.32 Å². The van der Waals surface area contributed by atoms with Crippen molar-refractivity contribution in [1.82, 2.24) is 13.9 Å². The third kappa shape index (κ3) is 2.82. The van der Waals surface area contributed by atoms with Gasteiger partial charge in [0.2, 0.25) is 0 Å². The number of nitrogens with one attached hydrogen (secondary N) is 1. The first-order chi connectivity index (χ1) is 6.71. The zero-order valence-corrected chi connectivity index (χ0v) is 10.3. The molecule has 2 rings (SSSR count). The normalized spacial score (nSPS) is 25.1. The standard InChI is InChI=1S/C8H17N3O2S.ClH/c12-14(13,10-5-1-2-6-10)11-7-3-9-4-8-11;/h9H,1-8H2;1H. The van der Waals surface area contributed by atoms with Crippen molar-refractivity contribution < 1.29 is 8.42 Å². The molecule has 0 aromatic carbocycles. The lowest BCUT2D eigenvalue weighted by atomic mass is 10.4. The molecule has 0 radical (unpaired) electrons. The minimum atomic E-state index is -3.14. The molecule has 0 atom stereocenters. The van der Waals surface area contributed by atoms with E-state index in [0.29, 0.717) is 26.2 Å². The van der Waals surface area contributed by atoms with E-state index in [1.165, 1.54) is 0 Å². The van der Waals surface area contributed by atoms with Gasteiger partial charge in [0.15, 0.2) is 0 Å². The molecule has 2 aliphatic heterocycles. The number of nitrogens with zero attached hydrogens (tertiary/aromatic N) is 2. The molecule has 2 fully saturated rings. The van der Waals surface area contributed by atoms with Crippen LogP contribution in [-0.4, -0.2) is 56.3 Å². The Labute approximate surface area is 97.4 Å². The van der Waals surface area contributed by atoms with Crippen LogP contribution in [-0.2, 0) is 10.2 Å². The van der Waals surface area contributed by atoms with Gasteiger partial charge in [-0.1, -0.05) is 0 Å². The smallest absolute Gasteiger partial charge is 0.282 e. The van der Waals surface area contributed by atoms with Crippen molar-refractivity contribution >= 4 is 22.6 Å². The van der Waals surface area contributed by atoms with E-state index < -0.39 is 10.2 Å². The zero-order valence-electron chi connectivity index (χ0n) is 8.68. The summed E-state index contributed by atoms with van der Waals surface area (Å²) in [5.74, 6) is 0. The highest BCUT2D eigenvalue weighted by atomic mass is 35.5. The van der Waals surface area contributed by atoms with Crippen LogP contribution in [0.3, 0.4) is 0 Å². The van der Waals surface area contributed by atoms with Crippen LogP contribution in [0.4, 0.5) is 0 Å². The number of hydrogen-bond acceptors (Lipinski definition) is 3. The van der Waals surface area contributed by atoms with Crippen molar-refractivity contribution in [1.29, 1.82) is 0 Å². The van der Waals surface area contributed by atoms with E-state index in [9.17, 15) is 8.42 Å². The maximum atomic E-state index is 12.0. The van der Waals surface area contributed by atoms with E-state index in [4.69, 9.17) is 0 Å². The number of hydrogen-bond donors (Lipinski definition) is 1. The topological polar surface area (TPSA) is 52.7 Å². The predicted molar refractivity (Wildman–Crippen MR) is 61.4 cm³/mol. The van der Waals surface area contributed by atoms with Crippen molar-refractivity contribution in [3.05, 3.63) is 0 Å². The molecule has 7 heteroatoms. The van der Waals surface area contributed by atoms with Gasteiger partial charge in [0.05, 0.1) is 0 Å². The zero-order chi connectivity index (χ0) is 10.0. The lowest BCUT2D eigenvalue weighted by Crippen LogP contribution is -2.51. The largest absolute Gasteiger partial charge is 0.314 e. The molecule has 2 aliphatic rings. The van der Waals surface area contributed by atoms with E-state index in [2.05, 4.69) is 5.32 Å². The molecule has 0 amide bonds. The number of halogens is 1. The maximum Gasteiger partial charge on any atom is 0.282 e. The molecule has 1 N–H and O–H groups in total. The minimum Gasteiger partial charge on any atom is -0.314 e. The summed E-state index contributed by atoms with van der Waals surface area (Å²) in [6, 6.07) is 0. The highest BCUT2D eigenvalue weighted by Gasteiger charge is 2.31. The van der Waals surface area contributed by atoms with Gasteiger partial charge in [0.25, 0.3) is 10.2 Å². The minimum absolute atomic E-state index is 0. The summed E-state index contributed by atoms with van der Waals surface area (Å²) in [5.41, 5.74) is 0. The molecule has 2 heterocycles. The van der Waals surface area contributed by atoms with Crippen LogP contribution in [0.2, 0.25) is 0 Å². The van der Waals surface area contributed by atoms with E-state index in [-0.39, 0.29) is 12.4 Å². The first kappa shape index (κ1) is 13.2. The van der Waals surface area contributed by atoms with E-state index in [1.807, 2.05) is 0 Å². The van der Waals surface area contributed by atoms with Gasteiger partial charge in [0.1, 0.15) is 0 Å². The van der Waals surface area contributed by atoms with Crippen LogP contribution in [0.1, 0.15) is 12.8 Å². The Hall–Kier alpha value is 0.120. The highest BCUT2D eigenvalue weighted by Crippen LogP contribution is 2.16. The van der Waals surface area contributed by atoms with Gasteiger partial charge in [-0.05, 0) is 12.8 Å². The average Bonchev–Trinajstić information content (AvgIpc) is 2.72. The second kappa shape index (κ2) is 5.45. The fraction of sp³-hybridized carbons (Fsp3) is 1.00. The Bertz CT molecular complexity index is 284. The molecule has 0 bridgehead atoms. The monoisotopic (exact) mass is 255 g/mol. The van der Waals surface area contributed by atoms with Crippen molar-refractivity contribution in [3.8, 4) is 0 Å². The molecule has 0 unspecified atom stereocenters. The Balaban J connectivity index is 0.00000112. The van der Waals surface area contributed by atoms with Crippen LogP contribution in [0.5, 0.6) is 0 Å². The molecule has 0 saturated carbocycles. The Kier molecular flexibility index (Phi) is 4.79. The quantitative estimate of drug-likeness (QED) is 0.734. The van der Waals surface area contributed by atoms with Gasteiger partial charge in [-0.2, -0.15) is 17.0 Å². The number of rotatable bonds is 2. The summed E-state index contributed by atoms with van der Waals surface area (Å²) in [6.45, 7) is 4.16. The van der Waals surface area contributed by atoms with Crippen LogP contribution >= 0.6 is 12.4 Å². The first-order valence-electron chi connectivity index (χ1n) is 5.17. The van der Waals surface area contributed by atoms with Crippen LogP contribution in [0.15, 0.2) is 0 Å². The second-order valence-corrected chi connectivity index (χ2v) is 5.69. The van der Waals surface area contributed by atoms with Crippen molar-refractivity contribution in [2.75, 3.05) is 39.3 Å². The molecule has 15 heavy (non-hydrogen) atoms. The molecule has 0 aromatic rings. The summed E-state index contributed by atoms with van der Waals surface area (Å²) >= 11 is 0. The number of piperazine rings is 1. The van der Waals surface area contributed by atoms with Crippen molar-refractivity contribution in [3.63, 3.8) is 0 Å². The van der Waals surface area contributed by atoms with Crippen molar-refractivity contribution in [2.45, 2.75) is 12.8 Å². The maximum absolute atomic E-state index is 12.0. The van der Waals surface area contributed by atoms with E-state index >= 15 is 0 Å². The highest BCUT2D eigenvalue weighted by molar-refractivity contribution is 7.86. The summed E-state index contributed by atoms with van der Waals surface area (Å²) in [7, 11) is -3.14. The van der Waals surface area contributed by atoms with Gasteiger partial charge >= 0.3 is 0 Å². The molecule has 2 saturated heterocycles. The van der Waals surface area contributed by atoms with Crippen LogP contribution in [0.25, 0.3) is 0 Å². The Morgan fingerprint density at radius 3 is 1.87 bits per heavy atom. The summed E-state index contributed by atoms with van der Waals surface area (Å²) < 4.78 is 27.2. The van der Waals surface area contributed by atoms with Gasteiger partial charge in [-0.15, -0.1) is 12.4 Å². The Morgan fingerprint density at radius 2 is 1.33 bits per heavy atom. The SMILES string of the molecule is Cl.O=S(=O)(N1CCCC1)N1CCNCC1. The lowest BCUT2D eigenvalue weighted by molar-refractivity contribution is 0.327. The molecule has 90 valence electrons. The first-order valence-corrected chi connectivity index (χ1v) is 6.57. The van der Waals surface area contributed by atoms with Crippen molar-refractivity contribution in [2.24, 2.45) is 0 Å². The molecule has 0 aliphatic carbocycles. The van der Waals surface area contributed by atoms with Gasteiger partial charge < -0.3 is 5.32 Å². The predicted octanol–water partition coefficient (Wildman–Crippen LogP) is -0.346. The third-order valence-electron chi connectivity index (χ3n) is 2.79. The van der Waals surface area contributed by atoms with Crippen LogP contribution in [0, 0.1) is 0 Å². The van der Waals surface area contributed by atoms with E-state index in [0.717, 1.165) is 25.9 Å². The molecule has 5 nitrogen and oxygen atoms in total. The third-order valence-corrected chi connectivity index (χ3v) is 4.83. The average molecular weight is 256 g/mol. The Morgan fingerprint density at radius 1 is 0.867 bits per heavy atom. The van der Waals surface area contributed by atoms with Gasteiger partial charge in [-0.25, -0.2) is 0 Å².